The molecule has 2 N–H and O–H groups in total. The standard InChI is InChI=1S/C26H28F3N3O6S/c1-16(25(35)31-18-6-2-3-7-18)32(20-8-4-5-17(11-20)26(27,28)29)24(34)14-39(36)13-23(33)30-19-9-10-21-22(12-19)38-15-37-21/h4-5,8-12,16,18H,2-3,6-7,13-15H2,1H3,(H,30,33)(H,31,35)/t16-,39+/m1/s1. The van der Waals surface area contributed by atoms with Crippen LogP contribution in [0, 0.1) is 0 Å². The van der Waals surface area contributed by atoms with Crippen molar-refractivity contribution >= 4 is 39.9 Å². The summed E-state index contributed by atoms with van der Waals surface area (Å²) >= 11 is 0. The molecule has 4 rings (SSSR count). The predicted molar refractivity (Wildman–Crippen MR) is 138 cm³/mol. The molecule has 0 spiro atoms. The summed E-state index contributed by atoms with van der Waals surface area (Å²) in [6.07, 6.45) is -1.22. The zero-order valence-electron chi connectivity index (χ0n) is 21.1. The molecule has 1 aliphatic carbocycles. The minimum absolute atomic E-state index is 0.0539. The maximum absolute atomic E-state index is 13.4. The molecule has 1 saturated carbocycles. The van der Waals surface area contributed by atoms with Crippen LogP contribution in [0.4, 0.5) is 24.5 Å². The number of alkyl halides is 3. The summed E-state index contributed by atoms with van der Waals surface area (Å²) in [5.74, 6) is -2.28. The van der Waals surface area contributed by atoms with Gasteiger partial charge in [-0.1, -0.05) is 18.9 Å². The molecule has 210 valence electrons. The number of carbonyl (C=O) groups is 3. The molecule has 2 aromatic carbocycles. The number of fused-ring (bicyclic) bond motifs is 1. The average Bonchev–Trinajstić information content (AvgIpc) is 3.55. The van der Waals surface area contributed by atoms with Crippen LogP contribution in [0.1, 0.15) is 38.2 Å². The van der Waals surface area contributed by atoms with Crippen LogP contribution in [-0.2, 0) is 31.4 Å². The zero-order chi connectivity index (χ0) is 28.2. The molecule has 0 radical (unpaired) electrons. The highest BCUT2D eigenvalue weighted by atomic mass is 32.2. The quantitative estimate of drug-likeness (QED) is 0.479. The van der Waals surface area contributed by atoms with E-state index in [1.165, 1.54) is 19.1 Å². The van der Waals surface area contributed by atoms with Gasteiger partial charge in [0.15, 0.2) is 11.5 Å². The van der Waals surface area contributed by atoms with E-state index in [0.29, 0.717) is 17.2 Å². The first-order chi connectivity index (χ1) is 18.5. The second kappa shape index (κ2) is 12.1. The summed E-state index contributed by atoms with van der Waals surface area (Å²) in [6.45, 7) is 1.45. The van der Waals surface area contributed by atoms with Crippen LogP contribution in [0.3, 0.4) is 0 Å². The number of halogens is 3. The van der Waals surface area contributed by atoms with E-state index in [4.69, 9.17) is 9.47 Å². The number of rotatable bonds is 9. The van der Waals surface area contributed by atoms with Crippen LogP contribution in [0.25, 0.3) is 0 Å². The number of amides is 3. The number of hydrogen-bond acceptors (Lipinski definition) is 6. The summed E-state index contributed by atoms with van der Waals surface area (Å²) in [6, 6.07) is 7.49. The first kappa shape index (κ1) is 28.4. The van der Waals surface area contributed by atoms with Crippen LogP contribution in [-0.4, -0.2) is 52.3 Å². The van der Waals surface area contributed by atoms with Crippen molar-refractivity contribution < 1.29 is 41.2 Å². The van der Waals surface area contributed by atoms with Crippen molar-refractivity contribution in [2.45, 2.75) is 50.9 Å². The van der Waals surface area contributed by atoms with Gasteiger partial charge in [-0.15, -0.1) is 0 Å². The number of benzene rings is 2. The molecule has 1 heterocycles. The lowest BCUT2D eigenvalue weighted by Gasteiger charge is -2.30. The third kappa shape index (κ3) is 7.28. The fourth-order valence-corrected chi connectivity index (χ4v) is 5.38. The molecular formula is C26H28F3N3O6S. The Bertz CT molecular complexity index is 1270. The van der Waals surface area contributed by atoms with Crippen molar-refractivity contribution in [3.8, 4) is 11.5 Å². The van der Waals surface area contributed by atoms with E-state index < -0.39 is 57.8 Å². The van der Waals surface area contributed by atoms with E-state index in [1.54, 1.807) is 12.1 Å². The first-order valence-corrected chi connectivity index (χ1v) is 13.8. The number of carbonyl (C=O) groups excluding carboxylic acids is 3. The fraction of sp³-hybridized carbons (Fsp3) is 0.423. The molecule has 9 nitrogen and oxygen atoms in total. The van der Waals surface area contributed by atoms with E-state index in [0.717, 1.165) is 48.8 Å². The normalized spacial score (nSPS) is 16.4. The van der Waals surface area contributed by atoms with Crippen LogP contribution in [0.5, 0.6) is 11.5 Å². The molecule has 39 heavy (non-hydrogen) atoms. The largest absolute Gasteiger partial charge is 0.454 e. The van der Waals surface area contributed by atoms with Crippen molar-refractivity contribution in [2.24, 2.45) is 0 Å². The van der Waals surface area contributed by atoms with Crippen LogP contribution in [0.2, 0.25) is 0 Å². The Hall–Kier alpha value is -3.61. The van der Waals surface area contributed by atoms with Gasteiger partial charge in [0.2, 0.25) is 24.5 Å². The lowest BCUT2D eigenvalue weighted by atomic mass is 10.1. The summed E-state index contributed by atoms with van der Waals surface area (Å²) in [5.41, 5.74) is -0.786. The number of nitrogens with one attached hydrogen (secondary N) is 2. The molecule has 2 aliphatic rings. The SMILES string of the molecule is C[C@H](C(=O)NC1CCCC1)N(C(=O)C[S@@](=O)CC(=O)Nc1ccc2c(c1)OCO2)c1cccc(C(F)(F)F)c1. The average molecular weight is 568 g/mol. The Labute approximate surface area is 225 Å². The van der Waals surface area contributed by atoms with Gasteiger partial charge < -0.3 is 20.1 Å². The van der Waals surface area contributed by atoms with Gasteiger partial charge in [-0.3, -0.25) is 23.5 Å². The smallest absolute Gasteiger partial charge is 0.416 e. The van der Waals surface area contributed by atoms with Gasteiger partial charge in [0, 0.05) is 34.3 Å². The van der Waals surface area contributed by atoms with E-state index in [9.17, 15) is 31.8 Å². The number of ether oxygens (including phenoxy) is 2. The van der Waals surface area contributed by atoms with Gasteiger partial charge in [-0.05, 0) is 50.1 Å². The van der Waals surface area contributed by atoms with Crippen molar-refractivity contribution in [3.63, 3.8) is 0 Å². The second-order valence-corrected chi connectivity index (χ2v) is 10.8. The van der Waals surface area contributed by atoms with E-state index >= 15 is 0 Å². The third-order valence-electron chi connectivity index (χ3n) is 6.42. The minimum Gasteiger partial charge on any atom is -0.454 e. The second-order valence-electron chi connectivity index (χ2n) is 9.32. The highest BCUT2D eigenvalue weighted by Crippen LogP contribution is 2.34. The Morgan fingerprint density at radius 2 is 1.77 bits per heavy atom. The summed E-state index contributed by atoms with van der Waals surface area (Å²) in [4.78, 5) is 39.6. The van der Waals surface area contributed by atoms with Crippen LogP contribution < -0.4 is 25.0 Å². The molecule has 3 amide bonds. The van der Waals surface area contributed by atoms with Crippen molar-refractivity contribution in [1.82, 2.24) is 5.32 Å². The number of hydrogen-bond donors (Lipinski definition) is 2. The molecule has 2 atom stereocenters. The molecule has 0 unspecified atom stereocenters. The summed E-state index contributed by atoms with van der Waals surface area (Å²) in [7, 11) is -2.02. The fourth-order valence-electron chi connectivity index (χ4n) is 4.50. The maximum Gasteiger partial charge on any atom is 0.416 e. The third-order valence-corrected chi connectivity index (χ3v) is 7.57. The number of anilines is 2. The molecule has 13 heteroatoms. The molecule has 0 aromatic heterocycles. The molecule has 0 bridgehead atoms. The molecule has 2 aromatic rings. The molecular weight excluding hydrogens is 539 g/mol. The molecule has 0 saturated heterocycles. The van der Waals surface area contributed by atoms with Gasteiger partial charge in [-0.25, -0.2) is 0 Å². The highest BCUT2D eigenvalue weighted by Gasteiger charge is 2.34. The maximum atomic E-state index is 13.4. The summed E-state index contributed by atoms with van der Waals surface area (Å²) < 4.78 is 63.3. The van der Waals surface area contributed by atoms with Crippen LogP contribution >= 0.6 is 0 Å². The Morgan fingerprint density at radius 1 is 1.05 bits per heavy atom. The number of nitrogens with zero attached hydrogens (tertiary/aromatic N) is 1. The minimum atomic E-state index is -4.67. The lowest BCUT2D eigenvalue weighted by molar-refractivity contribution is -0.137. The monoisotopic (exact) mass is 567 g/mol. The highest BCUT2D eigenvalue weighted by molar-refractivity contribution is 7.86. The Balaban J connectivity index is 1.46. The van der Waals surface area contributed by atoms with Gasteiger partial charge in [-0.2, -0.15) is 13.2 Å². The van der Waals surface area contributed by atoms with Crippen molar-refractivity contribution in [3.05, 3.63) is 48.0 Å². The zero-order valence-corrected chi connectivity index (χ0v) is 21.9. The Kier molecular flexibility index (Phi) is 8.78. The van der Waals surface area contributed by atoms with E-state index in [1.807, 2.05) is 0 Å². The van der Waals surface area contributed by atoms with E-state index in [-0.39, 0.29) is 18.5 Å². The summed E-state index contributed by atoms with van der Waals surface area (Å²) in [5, 5.41) is 5.41. The predicted octanol–water partition coefficient (Wildman–Crippen LogP) is 3.60. The molecule has 1 fully saturated rings. The first-order valence-electron chi connectivity index (χ1n) is 12.4. The topological polar surface area (TPSA) is 114 Å². The van der Waals surface area contributed by atoms with Gasteiger partial charge >= 0.3 is 6.18 Å². The van der Waals surface area contributed by atoms with Crippen molar-refractivity contribution in [2.75, 3.05) is 28.5 Å². The Morgan fingerprint density at radius 3 is 2.49 bits per heavy atom. The molecule has 1 aliphatic heterocycles. The van der Waals surface area contributed by atoms with E-state index in [2.05, 4.69) is 10.6 Å². The van der Waals surface area contributed by atoms with Crippen molar-refractivity contribution in [1.29, 1.82) is 0 Å². The van der Waals surface area contributed by atoms with Gasteiger partial charge in [0.1, 0.15) is 17.5 Å². The van der Waals surface area contributed by atoms with Gasteiger partial charge in [0.05, 0.1) is 5.56 Å². The van der Waals surface area contributed by atoms with Crippen LogP contribution in [0.15, 0.2) is 42.5 Å². The lowest BCUT2D eigenvalue weighted by Crippen LogP contribution is -2.51. The van der Waals surface area contributed by atoms with Gasteiger partial charge in [0.25, 0.3) is 0 Å².